The first-order valence-corrected chi connectivity index (χ1v) is 4.35. The van der Waals surface area contributed by atoms with E-state index in [1.54, 1.807) is 0 Å². The fourth-order valence-electron chi connectivity index (χ4n) is 1.15. The predicted molar refractivity (Wildman–Crippen MR) is 59.8 cm³/mol. The molecule has 0 amide bonds. The van der Waals surface area contributed by atoms with E-state index in [0.717, 1.165) is 5.69 Å². The molecule has 1 nitrogen and oxygen atoms in total. The standard InChI is InChI=1S/C12H15N/c1-4-10(2)9-11-7-5-6-8-12(11)13-3/h4-9,13H,1H2,2-3H3/b10-9-. The van der Waals surface area contributed by atoms with Gasteiger partial charge in [-0.05, 0) is 24.6 Å². The molecule has 0 aliphatic rings. The summed E-state index contributed by atoms with van der Waals surface area (Å²) in [6, 6.07) is 8.19. The maximum atomic E-state index is 3.72. The summed E-state index contributed by atoms with van der Waals surface area (Å²) in [5.41, 5.74) is 3.51. The monoisotopic (exact) mass is 173 g/mol. The molecule has 0 unspecified atom stereocenters. The van der Waals surface area contributed by atoms with Gasteiger partial charge in [0.1, 0.15) is 0 Å². The Balaban J connectivity index is 3.06. The quantitative estimate of drug-likeness (QED) is 0.691. The highest BCUT2D eigenvalue weighted by atomic mass is 14.8. The Labute approximate surface area is 79.8 Å². The molecule has 0 aromatic heterocycles. The van der Waals surface area contributed by atoms with Crippen LogP contribution in [0.2, 0.25) is 0 Å². The van der Waals surface area contributed by atoms with Crippen LogP contribution in [0.4, 0.5) is 5.69 Å². The molecule has 1 rings (SSSR count). The number of anilines is 1. The van der Waals surface area contributed by atoms with E-state index in [-0.39, 0.29) is 0 Å². The molecule has 0 saturated carbocycles. The topological polar surface area (TPSA) is 12.0 Å². The number of hydrogen-bond donors (Lipinski definition) is 1. The van der Waals surface area contributed by atoms with Crippen LogP contribution in [0.5, 0.6) is 0 Å². The molecular weight excluding hydrogens is 158 g/mol. The van der Waals surface area contributed by atoms with Crippen LogP contribution < -0.4 is 5.32 Å². The van der Waals surface area contributed by atoms with E-state index >= 15 is 0 Å². The molecule has 0 atom stereocenters. The van der Waals surface area contributed by atoms with E-state index < -0.39 is 0 Å². The minimum Gasteiger partial charge on any atom is -0.388 e. The van der Waals surface area contributed by atoms with Crippen LogP contribution in [0.1, 0.15) is 12.5 Å². The van der Waals surface area contributed by atoms with Crippen molar-refractivity contribution in [2.24, 2.45) is 0 Å². The van der Waals surface area contributed by atoms with Gasteiger partial charge in [0.2, 0.25) is 0 Å². The number of rotatable bonds is 3. The summed E-state index contributed by atoms with van der Waals surface area (Å²) < 4.78 is 0. The zero-order valence-corrected chi connectivity index (χ0v) is 8.17. The number of para-hydroxylation sites is 1. The maximum Gasteiger partial charge on any atom is 0.0411 e. The Morgan fingerprint density at radius 2 is 2.08 bits per heavy atom. The Morgan fingerprint density at radius 3 is 2.69 bits per heavy atom. The molecule has 1 aromatic carbocycles. The molecule has 0 heterocycles. The normalized spacial score (nSPS) is 11.1. The minimum atomic E-state index is 1.14. The Hall–Kier alpha value is -1.50. The SMILES string of the molecule is C=C/C(C)=C\c1ccccc1NC. The van der Waals surface area contributed by atoms with E-state index in [1.807, 2.05) is 32.2 Å². The fraction of sp³-hybridized carbons (Fsp3) is 0.167. The number of hydrogen-bond acceptors (Lipinski definition) is 1. The van der Waals surface area contributed by atoms with Crippen molar-refractivity contribution in [2.45, 2.75) is 6.92 Å². The van der Waals surface area contributed by atoms with Crippen LogP contribution in [0.3, 0.4) is 0 Å². The van der Waals surface area contributed by atoms with Gasteiger partial charge in [0.15, 0.2) is 0 Å². The van der Waals surface area contributed by atoms with Gasteiger partial charge in [-0.2, -0.15) is 0 Å². The summed E-state index contributed by atoms with van der Waals surface area (Å²) in [4.78, 5) is 0. The van der Waals surface area contributed by atoms with Crippen molar-refractivity contribution >= 4 is 11.8 Å². The molecule has 1 aromatic rings. The molecule has 0 spiro atoms. The first kappa shape index (κ1) is 9.59. The van der Waals surface area contributed by atoms with E-state index in [4.69, 9.17) is 0 Å². The third kappa shape index (κ3) is 2.48. The highest BCUT2D eigenvalue weighted by Gasteiger charge is 1.94. The summed E-state index contributed by atoms with van der Waals surface area (Å²) >= 11 is 0. The molecule has 1 N–H and O–H groups in total. The van der Waals surface area contributed by atoms with E-state index in [0.29, 0.717) is 0 Å². The van der Waals surface area contributed by atoms with Gasteiger partial charge in [-0.15, -0.1) is 0 Å². The van der Waals surface area contributed by atoms with Crippen LogP contribution in [-0.4, -0.2) is 7.05 Å². The van der Waals surface area contributed by atoms with Crippen LogP contribution in [-0.2, 0) is 0 Å². The molecule has 0 fully saturated rings. The molecule has 0 aliphatic carbocycles. The van der Waals surface area contributed by atoms with Gasteiger partial charge < -0.3 is 5.32 Å². The molecule has 68 valence electrons. The summed E-state index contributed by atoms with van der Waals surface area (Å²) in [6.07, 6.45) is 3.96. The lowest BCUT2D eigenvalue weighted by Crippen LogP contribution is -1.90. The summed E-state index contributed by atoms with van der Waals surface area (Å²) in [7, 11) is 1.93. The van der Waals surface area contributed by atoms with Gasteiger partial charge in [-0.25, -0.2) is 0 Å². The number of allylic oxidation sites excluding steroid dienone is 2. The highest BCUT2D eigenvalue weighted by Crippen LogP contribution is 2.17. The lowest BCUT2D eigenvalue weighted by Gasteiger charge is -2.04. The zero-order valence-electron chi connectivity index (χ0n) is 8.17. The molecular formula is C12H15N. The smallest absolute Gasteiger partial charge is 0.0411 e. The Morgan fingerprint density at radius 1 is 1.38 bits per heavy atom. The first-order valence-electron chi connectivity index (χ1n) is 4.35. The van der Waals surface area contributed by atoms with Crippen molar-refractivity contribution in [3.8, 4) is 0 Å². The molecule has 0 aliphatic heterocycles. The summed E-state index contributed by atoms with van der Waals surface area (Å²) in [5, 5.41) is 3.15. The van der Waals surface area contributed by atoms with Gasteiger partial charge in [0, 0.05) is 12.7 Å². The predicted octanol–water partition coefficient (Wildman–Crippen LogP) is 3.32. The second kappa shape index (κ2) is 4.51. The van der Waals surface area contributed by atoms with Crippen molar-refractivity contribution in [1.82, 2.24) is 0 Å². The van der Waals surface area contributed by atoms with Gasteiger partial charge in [0.25, 0.3) is 0 Å². The highest BCUT2D eigenvalue weighted by molar-refractivity contribution is 5.68. The minimum absolute atomic E-state index is 1.14. The van der Waals surface area contributed by atoms with Crippen molar-refractivity contribution in [2.75, 3.05) is 12.4 Å². The largest absolute Gasteiger partial charge is 0.388 e. The van der Waals surface area contributed by atoms with Crippen molar-refractivity contribution in [3.05, 3.63) is 48.1 Å². The van der Waals surface area contributed by atoms with Crippen molar-refractivity contribution < 1.29 is 0 Å². The second-order valence-electron chi connectivity index (χ2n) is 2.93. The summed E-state index contributed by atoms with van der Waals surface area (Å²) in [5.74, 6) is 0. The van der Waals surface area contributed by atoms with Crippen molar-refractivity contribution in [1.29, 1.82) is 0 Å². The van der Waals surface area contributed by atoms with E-state index in [9.17, 15) is 0 Å². The number of benzene rings is 1. The third-order valence-corrected chi connectivity index (χ3v) is 1.94. The fourth-order valence-corrected chi connectivity index (χ4v) is 1.15. The zero-order chi connectivity index (χ0) is 9.68. The van der Waals surface area contributed by atoms with E-state index in [2.05, 4.69) is 30.1 Å². The molecule has 0 radical (unpaired) electrons. The van der Waals surface area contributed by atoms with Crippen LogP contribution >= 0.6 is 0 Å². The van der Waals surface area contributed by atoms with Crippen LogP contribution in [0.15, 0.2) is 42.5 Å². The summed E-state index contributed by atoms with van der Waals surface area (Å²) in [6.45, 7) is 5.76. The molecule has 13 heavy (non-hydrogen) atoms. The first-order chi connectivity index (χ1) is 6.27. The van der Waals surface area contributed by atoms with E-state index in [1.165, 1.54) is 11.1 Å². The lowest BCUT2D eigenvalue weighted by molar-refractivity contribution is 1.48. The van der Waals surface area contributed by atoms with Crippen LogP contribution in [0, 0.1) is 0 Å². The van der Waals surface area contributed by atoms with Gasteiger partial charge >= 0.3 is 0 Å². The van der Waals surface area contributed by atoms with Crippen LogP contribution in [0.25, 0.3) is 6.08 Å². The van der Waals surface area contributed by atoms with Gasteiger partial charge in [0.05, 0.1) is 0 Å². The van der Waals surface area contributed by atoms with Crippen molar-refractivity contribution in [3.63, 3.8) is 0 Å². The Bertz CT molecular complexity index is 324. The van der Waals surface area contributed by atoms with Gasteiger partial charge in [-0.1, -0.05) is 36.4 Å². The molecule has 1 heteroatoms. The van der Waals surface area contributed by atoms with Gasteiger partial charge in [-0.3, -0.25) is 0 Å². The third-order valence-electron chi connectivity index (χ3n) is 1.94. The maximum absolute atomic E-state index is 3.72. The second-order valence-corrected chi connectivity index (χ2v) is 2.93. The molecule has 0 saturated heterocycles. The average molecular weight is 173 g/mol. The lowest BCUT2D eigenvalue weighted by atomic mass is 10.1. The average Bonchev–Trinajstić information content (AvgIpc) is 2.18. The number of nitrogens with one attached hydrogen (secondary N) is 1. The molecule has 0 bridgehead atoms. The Kier molecular flexibility index (Phi) is 3.32.